The molecule has 1 N–H and O–H groups in total. The van der Waals surface area contributed by atoms with Crippen LogP contribution >= 0.6 is 0 Å². The standard InChI is InChI=1S/C18H22F2N2O/c1-22(12-7-10-5-6-11(8-12)21-10)18(23)14-9-13(14)17-15(19)3-2-4-16(17)20/h2-4,10-14,21H,5-9H2,1H3. The predicted octanol–water partition coefficient (Wildman–Crippen LogP) is 2.81. The number of amides is 1. The lowest BCUT2D eigenvalue weighted by Crippen LogP contribution is -2.49. The lowest BCUT2D eigenvalue weighted by molar-refractivity contribution is -0.134. The minimum Gasteiger partial charge on any atom is -0.342 e. The summed E-state index contributed by atoms with van der Waals surface area (Å²) in [5.41, 5.74) is 0.0876. The first kappa shape index (κ1) is 15.1. The third-order valence-electron chi connectivity index (χ3n) is 5.82. The Morgan fingerprint density at radius 2 is 1.74 bits per heavy atom. The van der Waals surface area contributed by atoms with Gasteiger partial charge in [-0.2, -0.15) is 0 Å². The minimum absolute atomic E-state index is 0.0453. The van der Waals surface area contributed by atoms with Crippen molar-refractivity contribution < 1.29 is 13.6 Å². The van der Waals surface area contributed by atoms with Crippen LogP contribution in [0.1, 0.15) is 43.6 Å². The number of hydrogen-bond acceptors (Lipinski definition) is 2. The minimum atomic E-state index is -0.534. The zero-order valence-electron chi connectivity index (χ0n) is 13.3. The maximum atomic E-state index is 13.9. The number of nitrogens with zero attached hydrogens (tertiary/aromatic N) is 1. The van der Waals surface area contributed by atoms with Crippen LogP contribution in [0.3, 0.4) is 0 Å². The van der Waals surface area contributed by atoms with Gasteiger partial charge in [0.1, 0.15) is 11.6 Å². The van der Waals surface area contributed by atoms with Gasteiger partial charge < -0.3 is 10.2 Å². The third-order valence-corrected chi connectivity index (χ3v) is 5.82. The molecule has 1 aromatic rings. The summed E-state index contributed by atoms with van der Waals surface area (Å²) >= 11 is 0. The molecule has 2 heterocycles. The van der Waals surface area contributed by atoms with E-state index < -0.39 is 11.6 Å². The first-order chi connectivity index (χ1) is 11.0. The average molecular weight is 320 g/mol. The van der Waals surface area contributed by atoms with Gasteiger partial charge in [0.25, 0.3) is 0 Å². The number of fused-ring (bicyclic) bond motifs is 2. The molecule has 0 aromatic heterocycles. The van der Waals surface area contributed by atoms with Gasteiger partial charge in [0, 0.05) is 42.6 Å². The Morgan fingerprint density at radius 3 is 2.35 bits per heavy atom. The highest BCUT2D eigenvalue weighted by atomic mass is 19.1. The van der Waals surface area contributed by atoms with Gasteiger partial charge >= 0.3 is 0 Å². The van der Waals surface area contributed by atoms with E-state index in [4.69, 9.17) is 0 Å². The Labute approximate surface area is 135 Å². The fourth-order valence-corrected chi connectivity index (χ4v) is 4.44. The van der Waals surface area contributed by atoms with Crippen molar-refractivity contribution in [2.45, 2.75) is 56.1 Å². The number of nitrogens with one attached hydrogen (secondary N) is 1. The summed E-state index contributed by atoms with van der Waals surface area (Å²) in [6.07, 6.45) is 4.92. The Morgan fingerprint density at radius 1 is 1.13 bits per heavy atom. The monoisotopic (exact) mass is 320 g/mol. The smallest absolute Gasteiger partial charge is 0.226 e. The van der Waals surface area contributed by atoms with E-state index in [2.05, 4.69) is 5.32 Å². The summed E-state index contributed by atoms with van der Waals surface area (Å²) in [5, 5.41) is 3.57. The largest absolute Gasteiger partial charge is 0.342 e. The van der Waals surface area contributed by atoms with E-state index in [9.17, 15) is 13.6 Å². The zero-order valence-corrected chi connectivity index (χ0v) is 13.3. The van der Waals surface area contributed by atoms with Crippen LogP contribution in [0.5, 0.6) is 0 Å². The lowest BCUT2D eigenvalue weighted by atomic mass is 9.98. The van der Waals surface area contributed by atoms with Gasteiger partial charge in [-0.3, -0.25) is 4.79 Å². The first-order valence-corrected chi connectivity index (χ1v) is 8.51. The summed E-state index contributed by atoms with van der Waals surface area (Å²) in [4.78, 5) is 14.5. The Bertz CT molecular complexity index is 603. The van der Waals surface area contributed by atoms with Crippen LogP contribution in [-0.4, -0.2) is 36.0 Å². The van der Waals surface area contributed by atoms with Gasteiger partial charge in [-0.05, 0) is 44.2 Å². The molecule has 2 aliphatic heterocycles. The molecule has 3 fully saturated rings. The summed E-state index contributed by atoms with van der Waals surface area (Å²) in [7, 11) is 1.85. The van der Waals surface area contributed by atoms with E-state index in [1.165, 1.54) is 31.0 Å². The van der Waals surface area contributed by atoms with Crippen molar-refractivity contribution >= 4 is 5.91 Å². The topological polar surface area (TPSA) is 32.3 Å². The number of benzene rings is 1. The van der Waals surface area contributed by atoms with Crippen LogP contribution in [-0.2, 0) is 4.79 Å². The maximum absolute atomic E-state index is 13.9. The molecule has 1 aromatic carbocycles. The molecule has 2 saturated heterocycles. The summed E-state index contributed by atoms with van der Waals surface area (Å²) in [6, 6.07) is 5.21. The molecule has 1 saturated carbocycles. The fourth-order valence-electron chi connectivity index (χ4n) is 4.44. The predicted molar refractivity (Wildman–Crippen MR) is 82.9 cm³/mol. The summed E-state index contributed by atoms with van der Waals surface area (Å²) in [6.45, 7) is 0. The van der Waals surface area contributed by atoms with Crippen molar-refractivity contribution in [1.29, 1.82) is 0 Å². The zero-order chi connectivity index (χ0) is 16.1. The molecule has 1 aliphatic carbocycles. The quantitative estimate of drug-likeness (QED) is 0.929. The van der Waals surface area contributed by atoms with Gasteiger partial charge in [-0.25, -0.2) is 8.78 Å². The number of carbonyl (C=O) groups excluding carboxylic acids is 1. The van der Waals surface area contributed by atoms with E-state index in [1.54, 1.807) is 0 Å². The molecule has 4 unspecified atom stereocenters. The molecular formula is C18H22F2N2O. The van der Waals surface area contributed by atoms with Gasteiger partial charge in [0.15, 0.2) is 0 Å². The highest BCUT2D eigenvalue weighted by Gasteiger charge is 2.49. The molecule has 23 heavy (non-hydrogen) atoms. The Hall–Kier alpha value is -1.49. The molecule has 1 amide bonds. The molecule has 3 aliphatic rings. The molecule has 0 radical (unpaired) electrons. The van der Waals surface area contributed by atoms with Crippen molar-refractivity contribution in [2.24, 2.45) is 5.92 Å². The SMILES string of the molecule is CN(C(=O)C1CC1c1c(F)cccc1F)C1CC2CCC(C1)N2. The third kappa shape index (κ3) is 2.65. The number of hydrogen-bond donors (Lipinski definition) is 1. The first-order valence-electron chi connectivity index (χ1n) is 8.51. The maximum Gasteiger partial charge on any atom is 0.226 e. The van der Waals surface area contributed by atoms with Crippen LogP contribution in [0.25, 0.3) is 0 Å². The van der Waals surface area contributed by atoms with E-state index >= 15 is 0 Å². The van der Waals surface area contributed by atoms with E-state index in [0.29, 0.717) is 18.5 Å². The van der Waals surface area contributed by atoms with Crippen molar-refractivity contribution in [2.75, 3.05) is 7.05 Å². The van der Waals surface area contributed by atoms with Gasteiger partial charge in [-0.1, -0.05) is 6.07 Å². The van der Waals surface area contributed by atoms with Gasteiger partial charge in [0.2, 0.25) is 5.91 Å². The van der Waals surface area contributed by atoms with Crippen molar-refractivity contribution in [1.82, 2.24) is 10.2 Å². The molecule has 5 heteroatoms. The van der Waals surface area contributed by atoms with Gasteiger partial charge in [-0.15, -0.1) is 0 Å². The van der Waals surface area contributed by atoms with Crippen molar-refractivity contribution in [3.8, 4) is 0 Å². The molecule has 0 spiro atoms. The highest BCUT2D eigenvalue weighted by Crippen LogP contribution is 2.50. The number of carbonyl (C=O) groups is 1. The second-order valence-corrected chi connectivity index (χ2v) is 7.30. The van der Waals surface area contributed by atoms with Crippen LogP contribution in [0.2, 0.25) is 0 Å². The molecule has 124 valence electrons. The lowest BCUT2D eigenvalue weighted by Gasteiger charge is -2.35. The Kier molecular flexibility index (Phi) is 3.63. The van der Waals surface area contributed by atoms with Crippen molar-refractivity contribution in [3.05, 3.63) is 35.4 Å². The summed E-state index contributed by atoms with van der Waals surface area (Å²) in [5.74, 6) is -1.59. The normalized spacial score (nSPS) is 35.2. The molecular weight excluding hydrogens is 298 g/mol. The number of rotatable bonds is 3. The van der Waals surface area contributed by atoms with E-state index in [1.807, 2.05) is 11.9 Å². The van der Waals surface area contributed by atoms with Crippen LogP contribution in [0.15, 0.2) is 18.2 Å². The van der Waals surface area contributed by atoms with Crippen LogP contribution < -0.4 is 5.32 Å². The van der Waals surface area contributed by atoms with E-state index in [-0.39, 0.29) is 29.3 Å². The van der Waals surface area contributed by atoms with Crippen LogP contribution in [0, 0.1) is 17.6 Å². The fraction of sp³-hybridized carbons (Fsp3) is 0.611. The molecule has 4 atom stereocenters. The molecule has 2 bridgehead atoms. The second-order valence-electron chi connectivity index (χ2n) is 7.30. The highest BCUT2D eigenvalue weighted by molar-refractivity contribution is 5.83. The summed E-state index contributed by atoms with van der Waals surface area (Å²) < 4.78 is 27.7. The molecule has 3 nitrogen and oxygen atoms in total. The van der Waals surface area contributed by atoms with Crippen LogP contribution in [0.4, 0.5) is 8.78 Å². The van der Waals surface area contributed by atoms with Crippen molar-refractivity contribution in [3.63, 3.8) is 0 Å². The van der Waals surface area contributed by atoms with E-state index in [0.717, 1.165) is 12.8 Å². The number of halogens is 2. The van der Waals surface area contributed by atoms with Gasteiger partial charge in [0.05, 0.1) is 0 Å². The molecule has 4 rings (SSSR count). The average Bonchev–Trinajstić information content (AvgIpc) is 3.24. The second kappa shape index (κ2) is 5.55. The Balaban J connectivity index is 1.44. The number of piperidine rings is 1.